The van der Waals surface area contributed by atoms with Crippen LogP contribution in [0.2, 0.25) is 30.7 Å². The van der Waals surface area contributed by atoms with Gasteiger partial charge in [-0.1, -0.05) is 97.7 Å². The van der Waals surface area contributed by atoms with Crippen LogP contribution in [0.3, 0.4) is 0 Å². The van der Waals surface area contributed by atoms with Crippen molar-refractivity contribution in [3.63, 3.8) is 0 Å². The first-order valence-electron chi connectivity index (χ1n) is 31.1. The van der Waals surface area contributed by atoms with Gasteiger partial charge in [-0.2, -0.15) is 0 Å². The third-order valence-corrected chi connectivity index (χ3v) is 20.2. The molecule has 36 heteroatoms. The molecule has 6 N–H and O–H groups in total. The molecule has 0 radical (unpaired) electrons. The lowest BCUT2D eigenvalue weighted by Gasteiger charge is -2.32. The van der Waals surface area contributed by atoms with Crippen LogP contribution in [-0.4, -0.2) is 151 Å². The van der Waals surface area contributed by atoms with Crippen LogP contribution < -0.4 is 32.6 Å². The van der Waals surface area contributed by atoms with E-state index in [1.54, 1.807) is 20.8 Å². The standard InChI is InChI=1S/C18H12ClN5OS.C17H21BrN6O2SSi.C15H18BN3O3S.C12H18BNO2.C3H2N2O2S/c19-13-3-1-2-12(8-13)17-20-9-15(22-17)11-4-6-14(7-5-11)21-18(25)16-10-26-24-23-16;1-28(2,3)9-8-26-11-24-15(20-17(18)22-24)12-4-6-13(7-5-12)19-16(25)14-10-27-23-21-14;1-14(2)15(3,4)22-16(21-14)10-5-7-11(8-6-10)17-13(20)12-9-23-19-18-12;1-11(2)12(3,4)16-13(15-11)9-5-7-10(14)8-6-9;6-3(7)2-1-8-5-4-2/h1-8,10H,9H2,(H,21,25);4-7,10H,8-9,11H2,1-3H3,(H,19,25);5-9H,1-4H3,(H,17,20);5-8H,14H2,1-4H3;1H,(H,6,7). The molecule has 0 aliphatic carbocycles. The SMILES string of the molecule is CC1(C)OB(c2ccc(N)cc2)OC1(C)C.CC1(C)OB(c2ccc(NC(=O)c3csnn3)cc2)OC1(C)C.C[Si](C)(C)CCOCn1nc(Br)nc1-c1ccc(NC(=O)c2csnn2)cc1.O=C(Nc1ccc(C2=NC(c3cccc(Cl)c3)=NC2)cc1)c1csnn1.O=C(O)c1csnn1. The van der Waals surface area contributed by atoms with Gasteiger partial charge in [-0.25, -0.2) is 19.5 Å². The number of hydrogen-bond donors (Lipinski definition) is 5. The van der Waals surface area contributed by atoms with Crippen molar-refractivity contribution >= 4 is 165 Å². The molecule has 0 bridgehead atoms. The van der Waals surface area contributed by atoms with Gasteiger partial charge >= 0.3 is 20.2 Å². The second-order valence-corrected chi connectivity index (χ2v) is 34.9. The number of nitrogens with two attached hydrogens (primary N) is 1. The van der Waals surface area contributed by atoms with Crippen LogP contribution in [0.1, 0.15) is 108 Å². The number of nitrogens with one attached hydrogen (secondary N) is 3. The van der Waals surface area contributed by atoms with Crippen LogP contribution in [0.25, 0.3) is 11.4 Å². The van der Waals surface area contributed by atoms with Gasteiger partial charge in [0.2, 0.25) is 4.73 Å². The third-order valence-electron chi connectivity index (χ3n) is 15.9. The lowest BCUT2D eigenvalue weighted by atomic mass is 9.79. The minimum atomic E-state index is -1.13. The maximum absolute atomic E-state index is 12.1. The fourth-order valence-corrected chi connectivity index (χ4v) is 11.9. The van der Waals surface area contributed by atoms with Crippen LogP contribution >= 0.6 is 73.7 Å². The molecular weight excluding hydrogens is 1470 g/mol. The minimum absolute atomic E-state index is 0.00926. The number of anilines is 4. The zero-order valence-electron chi connectivity index (χ0n) is 56.7. The fourth-order valence-electron chi connectivity index (χ4n) is 8.85. The van der Waals surface area contributed by atoms with Gasteiger partial charge in [0.05, 0.1) is 34.7 Å². The van der Waals surface area contributed by atoms with Crippen molar-refractivity contribution in [1.29, 1.82) is 0 Å². The van der Waals surface area contributed by atoms with Crippen molar-refractivity contribution in [2.45, 2.75) is 110 Å². The van der Waals surface area contributed by atoms with Crippen molar-refractivity contribution in [2.24, 2.45) is 9.98 Å². The van der Waals surface area contributed by atoms with E-state index in [9.17, 15) is 19.2 Å². The maximum atomic E-state index is 12.1. The van der Waals surface area contributed by atoms with Gasteiger partial charge < -0.3 is 50.1 Å². The average Bonchev–Trinajstić information content (AvgIpc) is 1.65. The Hall–Kier alpha value is -8.58. The second kappa shape index (κ2) is 33.9. The number of carbonyl (C=O) groups excluding carboxylic acids is 3. The van der Waals surface area contributed by atoms with Crippen molar-refractivity contribution in [3.8, 4) is 11.4 Å². The molecule has 10 aromatic rings. The maximum Gasteiger partial charge on any atom is 0.494 e. The smallest absolute Gasteiger partial charge is 0.476 e. The first-order valence-corrected chi connectivity index (χ1v) is 39.3. The predicted octanol–water partition coefficient (Wildman–Crippen LogP) is 11.7. The van der Waals surface area contributed by atoms with Gasteiger partial charge in [0, 0.05) is 75.1 Å². The molecule has 13 rings (SSSR count). The van der Waals surface area contributed by atoms with Crippen LogP contribution in [0.5, 0.6) is 0 Å². The highest BCUT2D eigenvalue weighted by atomic mass is 79.9. The van der Waals surface area contributed by atoms with Gasteiger partial charge in [-0.3, -0.25) is 19.4 Å². The van der Waals surface area contributed by atoms with E-state index in [0.29, 0.717) is 75.4 Å². The van der Waals surface area contributed by atoms with E-state index in [1.165, 1.54) is 5.38 Å². The first-order chi connectivity index (χ1) is 47.9. The van der Waals surface area contributed by atoms with E-state index in [2.05, 4.69) is 110 Å². The molecule has 5 aromatic heterocycles. The number of nitrogens with zero attached hydrogens (tertiary/aromatic N) is 13. The molecule has 0 spiro atoms. The van der Waals surface area contributed by atoms with E-state index in [4.69, 9.17) is 45.8 Å². The number of aliphatic imine (C=N–C) groups is 2. The Kier molecular flexibility index (Phi) is 25.7. The lowest BCUT2D eigenvalue weighted by molar-refractivity contribution is 0.00578. The van der Waals surface area contributed by atoms with E-state index in [-0.39, 0.29) is 52.9 Å². The Bertz CT molecular complexity index is 4430. The van der Waals surface area contributed by atoms with E-state index in [0.717, 1.165) is 91.2 Å². The number of ether oxygens (including phenoxy) is 1. The zero-order chi connectivity index (χ0) is 72.7. The summed E-state index contributed by atoms with van der Waals surface area (Å²) in [6.45, 7) is 24.8. The number of nitrogen functional groups attached to an aromatic ring is 1. The number of benzene rings is 5. The number of carboxylic acid groups (broad SMARTS) is 1. The summed E-state index contributed by atoms with van der Waals surface area (Å²) in [7, 11) is -1.84. The van der Waals surface area contributed by atoms with Crippen molar-refractivity contribution < 1.29 is 47.6 Å². The summed E-state index contributed by atoms with van der Waals surface area (Å²) >= 11 is 13.8. The molecular formula is C65H71B2BrClN17O10S4Si. The second-order valence-electron chi connectivity index (χ2n) is 25.7. The van der Waals surface area contributed by atoms with Gasteiger partial charge in [-0.05, 0) is 213 Å². The Morgan fingerprint density at radius 2 is 1.02 bits per heavy atom. The summed E-state index contributed by atoms with van der Waals surface area (Å²) in [4.78, 5) is 59.4. The third kappa shape index (κ3) is 21.5. The minimum Gasteiger partial charge on any atom is -0.476 e. The van der Waals surface area contributed by atoms with Crippen molar-refractivity contribution in [3.05, 3.63) is 187 Å². The normalized spacial score (nSPS) is 15.2. The summed E-state index contributed by atoms with van der Waals surface area (Å²) in [5, 5.41) is 42.3. The number of aromatic carboxylic acids is 1. The Morgan fingerprint density at radius 1 is 0.604 bits per heavy atom. The molecule has 524 valence electrons. The molecule has 0 atom stereocenters. The van der Waals surface area contributed by atoms with Gasteiger partial charge in [0.1, 0.15) is 6.73 Å². The summed E-state index contributed by atoms with van der Waals surface area (Å²) in [6, 6.07) is 38.4. The molecule has 0 saturated carbocycles. The molecule has 2 saturated heterocycles. The number of rotatable bonds is 17. The van der Waals surface area contributed by atoms with Crippen molar-refractivity contribution in [2.75, 3.05) is 34.8 Å². The molecule has 101 heavy (non-hydrogen) atoms. The summed E-state index contributed by atoms with van der Waals surface area (Å²) in [5.74, 6) is -0.502. The van der Waals surface area contributed by atoms with E-state index >= 15 is 0 Å². The largest absolute Gasteiger partial charge is 0.494 e. The van der Waals surface area contributed by atoms with Crippen LogP contribution in [0.15, 0.2) is 158 Å². The topological polar surface area (TPSA) is 355 Å². The molecule has 0 unspecified atom stereocenters. The number of carbonyl (C=O) groups is 4. The van der Waals surface area contributed by atoms with Crippen LogP contribution in [0, 0.1) is 0 Å². The van der Waals surface area contributed by atoms with E-state index in [1.807, 2.05) is 177 Å². The molecule has 3 aliphatic heterocycles. The summed E-state index contributed by atoms with van der Waals surface area (Å²) in [6.07, 6.45) is 0. The number of halogens is 2. The highest BCUT2D eigenvalue weighted by Crippen LogP contribution is 2.38. The van der Waals surface area contributed by atoms with Crippen LogP contribution in [0.4, 0.5) is 22.7 Å². The van der Waals surface area contributed by atoms with Crippen molar-refractivity contribution in [1.82, 2.24) is 53.1 Å². The fraction of sp³-hybridized carbons (Fsp3) is 0.292. The number of aromatic nitrogens is 11. The van der Waals surface area contributed by atoms with Gasteiger partial charge in [0.25, 0.3) is 17.7 Å². The first kappa shape index (κ1) is 76.6. The Balaban J connectivity index is 0.000000153. The molecule has 3 aliphatic rings. The summed E-state index contributed by atoms with van der Waals surface area (Å²) < 4.78 is 46.3. The summed E-state index contributed by atoms with van der Waals surface area (Å²) in [5.41, 5.74) is 13.6. The molecule has 8 heterocycles. The Labute approximate surface area is 614 Å². The molecule has 2 fully saturated rings. The zero-order valence-corrected chi connectivity index (χ0v) is 63.3. The average molecular weight is 1540 g/mol. The van der Waals surface area contributed by atoms with E-state index < -0.39 is 21.2 Å². The molecule has 5 aromatic carbocycles. The number of amides is 3. The van der Waals surface area contributed by atoms with Gasteiger partial charge in [0.15, 0.2) is 34.4 Å². The number of hydrogen-bond acceptors (Lipinski definition) is 26. The quantitative estimate of drug-likeness (QED) is 0.0321. The molecule has 3 amide bonds. The highest BCUT2D eigenvalue weighted by molar-refractivity contribution is 9.10. The molecule has 27 nitrogen and oxygen atoms in total. The van der Waals surface area contributed by atoms with Gasteiger partial charge in [-0.15, -0.1) is 25.5 Å². The predicted molar refractivity (Wildman–Crippen MR) is 402 cm³/mol. The number of amidine groups is 1. The Morgan fingerprint density at radius 3 is 1.42 bits per heavy atom. The van der Waals surface area contributed by atoms with Crippen LogP contribution in [-0.2, 0) is 30.1 Å². The highest BCUT2D eigenvalue weighted by Gasteiger charge is 2.52. The number of carboxylic acids is 1. The lowest BCUT2D eigenvalue weighted by Crippen LogP contribution is -2.41. The monoisotopic (exact) mass is 1540 g/mol.